The van der Waals surface area contributed by atoms with E-state index in [-0.39, 0.29) is 11.5 Å². The smallest absolute Gasteiger partial charge is 0.164 e. The Bertz CT molecular complexity index is 2850. The van der Waals surface area contributed by atoms with Crippen LogP contribution >= 0.6 is 0 Å². The summed E-state index contributed by atoms with van der Waals surface area (Å²) >= 11 is 0. The average molecular weight is 748 g/mol. The third kappa shape index (κ3) is 5.52. The molecule has 0 spiro atoms. The number of anilines is 5. The molecule has 0 saturated carbocycles. The number of fused-ring (bicyclic) bond motifs is 7. The van der Waals surface area contributed by atoms with E-state index in [1.807, 2.05) is 72.8 Å². The maximum absolute atomic E-state index is 6.78. The molecular weight excluding hydrogens is 711 g/mol. The van der Waals surface area contributed by atoms with Crippen molar-refractivity contribution in [1.29, 1.82) is 0 Å². The summed E-state index contributed by atoms with van der Waals surface area (Å²) in [5.41, 5.74) is 11.4. The Hall–Kier alpha value is -7.57. The highest BCUT2D eigenvalue weighted by Gasteiger charge is 2.43. The molecule has 7 aromatic carbocycles. The van der Waals surface area contributed by atoms with Crippen molar-refractivity contribution in [1.82, 2.24) is 15.0 Å². The van der Waals surface area contributed by atoms with Crippen LogP contribution in [0, 0.1) is 0 Å². The van der Waals surface area contributed by atoms with Gasteiger partial charge >= 0.3 is 0 Å². The molecule has 0 bridgehead atoms. The number of ether oxygens (including phenoxy) is 1. The quantitative estimate of drug-likeness (QED) is 0.175. The van der Waals surface area contributed by atoms with Gasteiger partial charge in [0.2, 0.25) is 0 Å². The number of para-hydroxylation sites is 3. The lowest BCUT2D eigenvalue weighted by atomic mass is 9.71. The number of nitrogens with zero attached hydrogens (tertiary/aromatic N) is 5. The predicted octanol–water partition coefficient (Wildman–Crippen LogP) is 13.0. The topological polar surface area (TPSA) is 54.4 Å². The molecule has 0 saturated heterocycles. The summed E-state index contributed by atoms with van der Waals surface area (Å²) in [6.45, 7) is 2.36. The number of hydrogen-bond donors (Lipinski definition) is 0. The number of benzene rings is 7. The van der Waals surface area contributed by atoms with Gasteiger partial charge in [0.15, 0.2) is 29.0 Å². The number of rotatable bonds is 5. The first-order chi connectivity index (χ1) is 28.6. The first-order valence-corrected chi connectivity index (χ1v) is 19.6. The normalized spacial score (nSPS) is 17.2. The van der Waals surface area contributed by atoms with Crippen molar-refractivity contribution in [2.24, 2.45) is 0 Å². The van der Waals surface area contributed by atoms with Crippen LogP contribution < -0.4 is 14.5 Å². The van der Waals surface area contributed by atoms with Gasteiger partial charge in [-0.1, -0.05) is 140 Å². The van der Waals surface area contributed by atoms with Gasteiger partial charge in [0.1, 0.15) is 0 Å². The van der Waals surface area contributed by atoms with Gasteiger partial charge < -0.3 is 14.5 Å². The third-order valence-corrected chi connectivity index (χ3v) is 11.6. The average Bonchev–Trinajstić information content (AvgIpc) is 3.39. The molecule has 0 N–H and O–H groups in total. The minimum Gasteiger partial charge on any atom is -0.453 e. The van der Waals surface area contributed by atoms with Crippen molar-refractivity contribution < 1.29 is 4.74 Å². The van der Waals surface area contributed by atoms with Gasteiger partial charge in [-0.05, 0) is 72.6 Å². The Kier molecular flexibility index (Phi) is 7.89. The maximum atomic E-state index is 6.78. The maximum Gasteiger partial charge on any atom is 0.164 e. The first-order valence-electron chi connectivity index (χ1n) is 19.6. The highest BCUT2D eigenvalue weighted by Crippen LogP contribution is 2.54. The Morgan fingerprint density at radius 2 is 1.03 bits per heavy atom. The van der Waals surface area contributed by atoms with Gasteiger partial charge in [0, 0.05) is 50.8 Å². The van der Waals surface area contributed by atoms with Crippen LogP contribution in [0.25, 0.3) is 45.3 Å². The molecule has 0 radical (unpaired) electrons. The number of allylic oxidation sites excluding steroid dienone is 2. The fourth-order valence-corrected chi connectivity index (χ4v) is 8.75. The van der Waals surface area contributed by atoms with E-state index in [1.54, 1.807) is 0 Å². The van der Waals surface area contributed by atoms with E-state index in [0.29, 0.717) is 17.5 Å². The van der Waals surface area contributed by atoms with Gasteiger partial charge in [-0.25, -0.2) is 15.0 Å². The first kappa shape index (κ1) is 33.7. The number of aromatic nitrogens is 3. The minimum absolute atomic E-state index is 0.0279. The standard InChI is InChI=1S/C52H37N5O/c1-52-33-15-14-26-48(52)57(43-23-11-9-21-41(43)40-20-8-10-22-42(40)52)39-31-32-45-47(34-39)58-46-25-13-12-24-44(46)56(45)38-29-27-37(28-30-38)51-54-49(35-16-4-2-5-17-35)53-50(55-51)36-18-6-3-7-19-36/h2-34,48H,1H3. The molecule has 2 atom stereocenters. The van der Waals surface area contributed by atoms with Crippen LogP contribution in [0.3, 0.4) is 0 Å². The van der Waals surface area contributed by atoms with E-state index in [4.69, 9.17) is 19.7 Å². The van der Waals surface area contributed by atoms with Gasteiger partial charge in [0.05, 0.1) is 17.4 Å². The SMILES string of the molecule is CC12C=CC=CC1N(c1ccc3c(c1)Oc1ccccc1N3c1ccc(-c3nc(-c4ccccc4)nc(-c4ccccc4)n3)cc1)c1ccccc1-c1ccccc12. The second-order valence-electron chi connectivity index (χ2n) is 15.0. The molecule has 8 aromatic rings. The van der Waals surface area contributed by atoms with Crippen molar-refractivity contribution in [3.8, 4) is 56.8 Å². The van der Waals surface area contributed by atoms with Crippen molar-refractivity contribution in [2.45, 2.75) is 18.4 Å². The molecule has 6 nitrogen and oxygen atoms in total. The largest absolute Gasteiger partial charge is 0.453 e. The lowest BCUT2D eigenvalue weighted by molar-refractivity contribution is 0.476. The van der Waals surface area contributed by atoms with E-state index < -0.39 is 0 Å². The van der Waals surface area contributed by atoms with E-state index in [1.165, 1.54) is 16.7 Å². The molecule has 1 aromatic heterocycles. The Morgan fingerprint density at radius 3 is 1.74 bits per heavy atom. The Balaban J connectivity index is 1.01. The van der Waals surface area contributed by atoms with Gasteiger partial charge in [-0.2, -0.15) is 0 Å². The van der Waals surface area contributed by atoms with Crippen LogP contribution in [0.1, 0.15) is 12.5 Å². The fourth-order valence-electron chi connectivity index (χ4n) is 8.75. The summed E-state index contributed by atoms with van der Waals surface area (Å²) in [5, 5.41) is 0. The van der Waals surface area contributed by atoms with Crippen LogP contribution in [0.15, 0.2) is 200 Å². The van der Waals surface area contributed by atoms with E-state index in [9.17, 15) is 0 Å². The van der Waals surface area contributed by atoms with Crippen molar-refractivity contribution in [3.63, 3.8) is 0 Å². The van der Waals surface area contributed by atoms with Crippen molar-refractivity contribution in [3.05, 3.63) is 206 Å². The van der Waals surface area contributed by atoms with Crippen LogP contribution in [-0.2, 0) is 5.41 Å². The lowest BCUT2D eigenvalue weighted by Gasteiger charge is -2.43. The monoisotopic (exact) mass is 747 g/mol. The van der Waals surface area contributed by atoms with Gasteiger partial charge in [-0.3, -0.25) is 0 Å². The number of hydrogen-bond acceptors (Lipinski definition) is 6. The second kappa shape index (κ2) is 13.6. The summed E-state index contributed by atoms with van der Waals surface area (Å²) in [6.07, 6.45) is 9.05. The molecule has 2 unspecified atom stereocenters. The molecule has 0 fully saturated rings. The zero-order chi connectivity index (χ0) is 38.6. The van der Waals surface area contributed by atoms with Gasteiger partial charge in [0.25, 0.3) is 0 Å². The molecule has 1 aliphatic carbocycles. The zero-order valence-corrected chi connectivity index (χ0v) is 31.8. The Labute approximate surface area is 337 Å². The summed E-state index contributed by atoms with van der Waals surface area (Å²) in [6, 6.07) is 61.1. The highest BCUT2D eigenvalue weighted by molar-refractivity contribution is 5.91. The van der Waals surface area contributed by atoms with Crippen molar-refractivity contribution >= 4 is 28.4 Å². The second-order valence-corrected chi connectivity index (χ2v) is 15.0. The van der Waals surface area contributed by atoms with E-state index in [0.717, 1.165) is 56.6 Å². The van der Waals surface area contributed by atoms with E-state index in [2.05, 4.69) is 144 Å². The van der Waals surface area contributed by atoms with Gasteiger partial charge in [-0.15, -0.1) is 0 Å². The summed E-state index contributed by atoms with van der Waals surface area (Å²) < 4.78 is 6.78. The third-order valence-electron chi connectivity index (χ3n) is 11.6. The molecule has 3 heterocycles. The predicted molar refractivity (Wildman–Crippen MR) is 234 cm³/mol. The lowest BCUT2D eigenvalue weighted by Crippen LogP contribution is -2.45. The summed E-state index contributed by atoms with van der Waals surface area (Å²) in [5.74, 6) is 3.47. The summed E-state index contributed by atoms with van der Waals surface area (Å²) in [4.78, 5) is 19.6. The zero-order valence-electron chi connectivity index (χ0n) is 31.8. The Morgan fingerprint density at radius 1 is 0.483 bits per heavy atom. The molecule has 58 heavy (non-hydrogen) atoms. The van der Waals surface area contributed by atoms with Crippen LogP contribution in [0.5, 0.6) is 11.5 Å². The minimum atomic E-state index is -0.274. The van der Waals surface area contributed by atoms with Crippen molar-refractivity contribution in [2.75, 3.05) is 9.80 Å². The van der Waals surface area contributed by atoms with Crippen LogP contribution in [-0.4, -0.2) is 21.0 Å². The fraction of sp³-hybridized carbons (Fsp3) is 0.0577. The molecule has 11 rings (SSSR count). The molecule has 6 heteroatoms. The highest BCUT2D eigenvalue weighted by atomic mass is 16.5. The van der Waals surface area contributed by atoms with E-state index >= 15 is 0 Å². The van der Waals surface area contributed by atoms with Crippen LogP contribution in [0.2, 0.25) is 0 Å². The molecule has 3 aliphatic rings. The molecule has 0 amide bonds. The molecule has 276 valence electrons. The molecular formula is C52H37N5O. The molecule has 2 aliphatic heterocycles. The van der Waals surface area contributed by atoms with Crippen LogP contribution in [0.4, 0.5) is 28.4 Å². The summed E-state index contributed by atoms with van der Waals surface area (Å²) in [7, 11) is 0.